The summed E-state index contributed by atoms with van der Waals surface area (Å²) in [6.07, 6.45) is 2.34. The molecule has 0 aliphatic carbocycles. The Morgan fingerprint density at radius 3 is 2.88 bits per heavy atom. The summed E-state index contributed by atoms with van der Waals surface area (Å²) in [6, 6.07) is 5.55. The maximum Gasteiger partial charge on any atom is 0.148 e. The minimum Gasteiger partial charge on any atom is -0.395 e. The van der Waals surface area contributed by atoms with E-state index in [0.29, 0.717) is 12.0 Å². The van der Waals surface area contributed by atoms with E-state index in [9.17, 15) is 4.39 Å². The molecule has 3 heteroatoms. The first-order chi connectivity index (χ1) is 7.61. The number of nitrogen functional groups attached to an aromatic ring is 1. The molecule has 1 heterocycles. The second kappa shape index (κ2) is 4.32. The second-order valence-corrected chi connectivity index (χ2v) is 4.82. The SMILES string of the molecule is CC(C)C1CCCN1c1cccc(F)c1N. The fraction of sp³-hybridized carbons (Fsp3) is 0.538. The molecule has 0 radical (unpaired) electrons. The first-order valence-electron chi connectivity index (χ1n) is 5.92. The summed E-state index contributed by atoms with van der Waals surface area (Å²) in [6.45, 7) is 5.40. The van der Waals surface area contributed by atoms with Gasteiger partial charge in [0.05, 0.1) is 11.4 Å². The van der Waals surface area contributed by atoms with Crippen LogP contribution in [0.2, 0.25) is 0 Å². The molecule has 0 bridgehead atoms. The normalized spacial score (nSPS) is 20.8. The van der Waals surface area contributed by atoms with E-state index >= 15 is 0 Å². The zero-order valence-corrected chi connectivity index (χ0v) is 9.91. The number of anilines is 2. The zero-order chi connectivity index (χ0) is 11.7. The third-order valence-corrected chi connectivity index (χ3v) is 3.41. The molecule has 1 aromatic carbocycles. The minimum atomic E-state index is -0.313. The molecular formula is C13H19FN2. The van der Waals surface area contributed by atoms with Crippen molar-refractivity contribution in [3.8, 4) is 0 Å². The Kier molecular flexibility index (Phi) is 3.03. The molecular weight excluding hydrogens is 203 g/mol. The molecule has 1 aromatic rings. The van der Waals surface area contributed by atoms with Gasteiger partial charge in [0.1, 0.15) is 5.82 Å². The van der Waals surface area contributed by atoms with E-state index in [0.717, 1.165) is 12.2 Å². The number of halogens is 1. The van der Waals surface area contributed by atoms with Crippen molar-refractivity contribution in [2.75, 3.05) is 17.2 Å². The summed E-state index contributed by atoms with van der Waals surface area (Å²) in [4.78, 5) is 2.25. The number of hydrogen-bond donors (Lipinski definition) is 1. The van der Waals surface area contributed by atoms with Crippen molar-refractivity contribution in [3.63, 3.8) is 0 Å². The van der Waals surface area contributed by atoms with Crippen molar-refractivity contribution in [2.24, 2.45) is 5.92 Å². The van der Waals surface area contributed by atoms with E-state index in [-0.39, 0.29) is 11.5 Å². The molecule has 1 atom stereocenters. The molecule has 1 saturated heterocycles. The Labute approximate surface area is 96.2 Å². The smallest absolute Gasteiger partial charge is 0.148 e. The van der Waals surface area contributed by atoms with E-state index < -0.39 is 0 Å². The molecule has 0 amide bonds. The van der Waals surface area contributed by atoms with Gasteiger partial charge in [0.15, 0.2) is 0 Å². The van der Waals surface area contributed by atoms with E-state index in [1.807, 2.05) is 6.07 Å². The Bertz CT molecular complexity index is 376. The summed E-state index contributed by atoms with van der Waals surface area (Å²) >= 11 is 0. The predicted octanol–water partition coefficient (Wildman–Crippen LogP) is 3.03. The molecule has 1 fully saturated rings. The number of hydrogen-bond acceptors (Lipinski definition) is 2. The van der Waals surface area contributed by atoms with Crippen molar-refractivity contribution in [1.29, 1.82) is 0 Å². The third kappa shape index (κ3) is 1.86. The maximum atomic E-state index is 13.4. The number of benzene rings is 1. The monoisotopic (exact) mass is 222 g/mol. The highest BCUT2D eigenvalue weighted by Crippen LogP contribution is 2.34. The van der Waals surface area contributed by atoms with Gasteiger partial charge in [-0.15, -0.1) is 0 Å². The van der Waals surface area contributed by atoms with Gasteiger partial charge >= 0.3 is 0 Å². The quantitative estimate of drug-likeness (QED) is 0.779. The lowest BCUT2D eigenvalue weighted by Crippen LogP contribution is -2.33. The largest absolute Gasteiger partial charge is 0.395 e. The average Bonchev–Trinajstić information content (AvgIpc) is 2.70. The Morgan fingerprint density at radius 1 is 1.44 bits per heavy atom. The number of nitrogens with zero attached hydrogens (tertiary/aromatic N) is 1. The third-order valence-electron chi connectivity index (χ3n) is 3.41. The van der Waals surface area contributed by atoms with Crippen molar-refractivity contribution in [3.05, 3.63) is 24.0 Å². The molecule has 16 heavy (non-hydrogen) atoms. The van der Waals surface area contributed by atoms with Crippen LogP contribution in [0.15, 0.2) is 18.2 Å². The van der Waals surface area contributed by atoms with Crippen LogP contribution in [0.3, 0.4) is 0 Å². The number of rotatable bonds is 2. The summed E-state index contributed by atoms with van der Waals surface area (Å²) < 4.78 is 13.4. The van der Waals surface area contributed by atoms with Crippen molar-refractivity contribution < 1.29 is 4.39 Å². The topological polar surface area (TPSA) is 29.3 Å². The summed E-state index contributed by atoms with van der Waals surface area (Å²) in [5.41, 5.74) is 6.95. The van der Waals surface area contributed by atoms with Crippen LogP contribution in [0, 0.1) is 11.7 Å². The van der Waals surface area contributed by atoms with E-state index in [1.54, 1.807) is 6.07 Å². The molecule has 88 valence electrons. The molecule has 2 rings (SSSR count). The van der Waals surface area contributed by atoms with Gasteiger partial charge in [-0.05, 0) is 30.9 Å². The van der Waals surface area contributed by atoms with Crippen LogP contribution in [-0.2, 0) is 0 Å². The van der Waals surface area contributed by atoms with Crippen molar-refractivity contribution in [1.82, 2.24) is 0 Å². The van der Waals surface area contributed by atoms with Crippen LogP contribution in [0.5, 0.6) is 0 Å². The highest BCUT2D eigenvalue weighted by Gasteiger charge is 2.28. The maximum absolute atomic E-state index is 13.4. The Morgan fingerprint density at radius 2 is 2.19 bits per heavy atom. The summed E-state index contributed by atoms with van der Waals surface area (Å²) in [7, 11) is 0. The van der Waals surface area contributed by atoms with Gasteiger partial charge in [0, 0.05) is 12.6 Å². The van der Waals surface area contributed by atoms with Crippen LogP contribution in [0.4, 0.5) is 15.8 Å². The van der Waals surface area contributed by atoms with Crippen LogP contribution < -0.4 is 10.6 Å². The lowest BCUT2D eigenvalue weighted by Gasteiger charge is -2.30. The predicted molar refractivity (Wildman–Crippen MR) is 66.0 cm³/mol. The minimum absolute atomic E-state index is 0.287. The molecule has 2 N–H and O–H groups in total. The van der Waals surface area contributed by atoms with Gasteiger partial charge < -0.3 is 10.6 Å². The fourth-order valence-electron chi connectivity index (χ4n) is 2.56. The highest BCUT2D eigenvalue weighted by atomic mass is 19.1. The van der Waals surface area contributed by atoms with E-state index in [2.05, 4.69) is 18.7 Å². The van der Waals surface area contributed by atoms with Gasteiger partial charge in [0.2, 0.25) is 0 Å². The number of nitrogens with two attached hydrogens (primary N) is 1. The Balaban J connectivity index is 2.33. The van der Waals surface area contributed by atoms with E-state index in [4.69, 9.17) is 5.73 Å². The van der Waals surface area contributed by atoms with Crippen molar-refractivity contribution in [2.45, 2.75) is 32.7 Å². The molecule has 2 nitrogen and oxygen atoms in total. The average molecular weight is 222 g/mol. The molecule has 0 spiro atoms. The van der Waals surface area contributed by atoms with Gasteiger partial charge in [0.25, 0.3) is 0 Å². The van der Waals surface area contributed by atoms with Gasteiger partial charge in [-0.25, -0.2) is 4.39 Å². The van der Waals surface area contributed by atoms with Gasteiger partial charge in [-0.2, -0.15) is 0 Å². The fourth-order valence-corrected chi connectivity index (χ4v) is 2.56. The lowest BCUT2D eigenvalue weighted by atomic mass is 10.0. The number of para-hydroxylation sites is 1. The standard InChI is InChI=1S/C13H19FN2/c1-9(2)11-7-4-8-16(11)12-6-3-5-10(14)13(12)15/h3,5-6,9,11H,4,7-8,15H2,1-2H3. The van der Waals surface area contributed by atoms with Gasteiger partial charge in [-0.3, -0.25) is 0 Å². The zero-order valence-electron chi connectivity index (χ0n) is 9.91. The highest BCUT2D eigenvalue weighted by molar-refractivity contribution is 5.68. The van der Waals surface area contributed by atoms with Crippen LogP contribution >= 0.6 is 0 Å². The molecule has 0 aromatic heterocycles. The van der Waals surface area contributed by atoms with Crippen LogP contribution in [0.25, 0.3) is 0 Å². The van der Waals surface area contributed by atoms with Gasteiger partial charge in [-0.1, -0.05) is 19.9 Å². The van der Waals surface area contributed by atoms with E-state index in [1.165, 1.54) is 18.9 Å². The molecule has 1 aliphatic heterocycles. The molecule has 0 saturated carbocycles. The first-order valence-corrected chi connectivity index (χ1v) is 5.92. The van der Waals surface area contributed by atoms with Crippen LogP contribution in [-0.4, -0.2) is 12.6 Å². The second-order valence-electron chi connectivity index (χ2n) is 4.82. The molecule has 1 aliphatic rings. The Hall–Kier alpha value is -1.25. The lowest BCUT2D eigenvalue weighted by molar-refractivity contribution is 0.491. The molecule has 1 unspecified atom stereocenters. The van der Waals surface area contributed by atoms with Crippen molar-refractivity contribution >= 4 is 11.4 Å². The first kappa shape index (κ1) is 11.2. The van der Waals surface area contributed by atoms with Crippen LogP contribution in [0.1, 0.15) is 26.7 Å². The summed E-state index contributed by atoms with van der Waals surface area (Å²) in [5.74, 6) is 0.261. The summed E-state index contributed by atoms with van der Waals surface area (Å²) in [5, 5.41) is 0.